The van der Waals surface area contributed by atoms with Crippen LogP contribution in [0.1, 0.15) is 30.7 Å². The summed E-state index contributed by atoms with van der Waals surface area (Å²) in [7, 11) is 1.22. The number of hydrogen-bond donors (Lipinski definition) is 1. The first-order valence-corrected chi connectivity index (χ1v) is 8.42. The van der Waals surface area contributed by atoms with Crippen LogP contribution in [0.15, 0.2) is 46.7 Å². The van der Waals surface area contributed by atoms with Crippen LogP contribution in [0.4, 0.5) is 13.2 Å². The highest BCUT2D eigenvalue weighted by molar-refractivity contribution is 6.03. The summed E-state index contributed by atoms with van der Waals surface area (Å²) in [5.74, 6) is -2.89. The summed E-state index contributed by atoms with van der Waals surface area (Å²) < 4.78 is 46.6. The molecule has 28 heavy (non-hydrogen) atoms. The molecule has 1 unspecified atom stereocenters. The van der Waals surface area contributed by atoms with E-state index in [0.717, 1.165) is 6.20 Å². The Bertz CT molecular complexity index is 1030. The Morgan fingerprint density at radius 3 is 2.46 bits per heavy atom. The minimum absolute atomic E-state index is 0.00821. The predicted molar refractivity (Wildman–Crippen MR) is 97.0 cm³/mol. The van der Waals surface area contributed by atoms with E-state index < -0.39 is 29.0 Å². The van der Waals surface area contributed by atoms with Gasteiger partial charge in [-0.3, -0.25) is 0 Å². The molecule has 0 aliphatic carbocycles. The Morgan fingerprint density at radius 2 is 1.86 bits per heavy atom. The van der Waals surface area contributed by atoms with Crippen LogP contribution in [0.25, 0.3) is 0 Å². The zero-order chi connectivity index (χ0) is 20.6. The van der Waals surface area contributed by atoms with Crippen LogP contribution < -0.4 is 5.32 Å². The molecule has 1 atom stereocenters. The minimum Gasteiger partial charge on any atom is -0.466 e. The number of aromatic nitrogens is 1. The normalized spacial score (nSPS) is 19.2. The third kappa shape index (κ3) is 3.26. The molecule has 0 amide bonds. The number of nitrogens with zero attached hydrogens (tertiary/aromatic N) is 2. The van der Waals surface area contributed by atoms with E-state index in [1.54, 1.807) is 32.9 Å². The van der Waals surface area contributed by atoms with Gasteiger partial charge in [0.2, 0.25) is 0 Å². The molecular formula is C20H18F3N3O2. The first-order valence-electron chi connectivity index (χ1n) is 8.42. The second kappa shape index (κ2) is 7.10. The largest absolute Gasteiger partial charge is 0.466 e. The van der Waals surface area contributed by atoms with Crippen molar-refractivity contribution in [2.45, 2.75) is 26.3 Å². The lowest BCUT2D eigenvalue weighted by atomic mass is 9.82. The first-order chi connectivity index (χ1) is 13.2. The molecule has 2 heterocycles. The number of carbonyl (C=O) groups is 1. The molecule has 0 radical (unpaired) electrons. The van der Waals surface area contributed by atoms with Crippen molar-refractivity contribution in [3.05, 3.63) is 76.0 Å². The molecule has 1 aromatic carbocycles. The van der Waals surface area contributed by atoms with Gasteiger partial charge in [-0.2, -0.15) is 0 Å². The van der Waals surface area contributed by atoms with Gasteiger partial charge in [0, 0.05) is 11.8 Å². The van der Waals surface area contributed by atoms with Crippen molar-refractivity contribution in [2.24, 2.45) is 4.99 Å². The van der Waals surface area contributed by atoms with Gasteiger partial charge in [-0.25, -0.2) is 27.9 Å². The van der Waals surface area contributed by atoms with Gasteiger partial charge in [-0.15, -0.1) is 0 Å². The molecule has 0 bridgehead atoms. The number of hydrogen-bond acceptors (Lipinski definition) is 5. The Hall–Kier alpha value is -3.16. The number of benzene rings is 1. The van der Waals surface area contributed by atoms with Gasteiger partial charge in [0.15, 0.2) is 11.7 Å². The Kier molecular flexibility index (Phi) is 4.97. The molecule has 8 heteroatoms. The van der Waals surface area contributed by atoms with Crippen LogP contribution in [0.3, 0.4) is 0 Å². The summed E-state index contributed by atoms with van der Waals surface area (Å²) in [4.78, 5) is 20.7. The Balaban J connectivity index is 2.24. The fraction of sp³-hybridized carbons (Fsp3) is 0.250. The van der Waals surface area contributed by atoms with E-state index >= 15 is 0 Å². The van der Waals surface area contributed by atoms with Gasteiger partial charge >= 0.3 is 5.97 Å². The molecule has 3 rings (SSSR count). The van der Waals surface area contributed by atoms with E-state index in [-0.39, 0.29) is 17.1 Å². The maximum absolute atomic E-state index is 14.3. The number of carbonyl (C=O) groups excluding carboxylic acids is 1. The van der Waals surface area contributed by atoms with Gasteiger partial charge in [-0.1, -0.05) is 12.1 Å². The molecule has 0 saturated heterocycles. The third-order valence-corrected chi connectivity index (χ3v) is 4.66. The van der Waals surface area contributed by atoms with Crippen LogP contribution in [0.2, 0.25) is 0 Å². The lowest BCUT2D eigenvalue weighted by Crippen LogP contribution is -2.41. The van der Waals surface area contributed by atoms with E-state index in [4.69, 9.17) is 4.74 Å². The van der Waals surface area contributed by atoms with Gasteiger partial charge in [0.05, 0.1) is 18.9 Å². The van der Waals surface area contributed by atoms with E-state index in [0.29, 0.717) is 22.9 Å². The third-order valence-electron chi connectivity index (χ3n) is 4.66. The molecule has 2 aromatic rings. The van der Waals surface area contributed by atoms with Crippen molar-refractivity contribution in [1.29, 1.82) is 0 Å². The average molecular weight is 389 g/mol. The number of ether oxygens (including phenoxy) is 1. The fourth-order valence-corrected chi connectivity index (χ4v) is 3.17. The number of rotatable bonds is 3. The zero-order valence-electron chi connectivity index (χ0n) is 15.7. The van der Waals surface area contributed by atoms with E-state index in [2.05, 4.69) is 15.3 Å². The summed E-state index contributed by atoms with van der Waals surface area (Å²) in [6.45, 7) is 4.79. The number of aryl methyl sites for hydroxylation is 1. The number of esters is 1. The highest BCUT2D eigenvalue weighted by Gasteiger charge is 2.41. The molecule has 1 aromatic heterocycles. The standard InChI is InChI=1S/C20H18F3N3O2/c1-10-5-6-12(7-14(10)22)20(3)16(19(27)28-4)11(2)25-18(26-20)17-15(23)8-13(21)9-24-17/h5-9H,1-4H3,(H,25,26). The lowest BCUT2D eigenvalue weighted by Gasteiger charge is -2.34. The number of methoxy groups -OCH3 is 1. The Labute approximate surface area is 160 Å². The highest BCUT2D eigenvalue weighted by Crippen LogP contribution is 2.39. The van der Waals surface area contributed by atoms with Crippen molar-refractivity contribution >= 4 is 11.8 Å². The quantitative estimate of drug-likeness (QED) is 0.816. The maximum Gasteiger partial charge on any atom is 0.338 e. The molecule has 1 aliphatic heterocycles. The summed E-state index contributed by atoms with van der Waals surface area (Å²) >= 11 is 0. The van der Waals surface area contributed by atoms with Gasteiger partial charge in [-0.05, 0) is 38.0 Å². The summed E-state index contributed by atoms with van der Waals surface area (Å²) in [6, 6.07) is 5.15. The lowest BCUT2D eigenvalue weighted by molar-refractivity contribution is -0.137. The molecular weight excluding hydrogens is 371 g/mol. The second-order valence-electron chi connectivity index (χ2n) is 6.60. The van der Waals surface area contributed by atoms with Gasteiger partial charge < -0.3 is 10.1 Å². The number of nitrogens with one attached hydrogen (secondary N) is 1. The van der Waals surface area contributed by atoms with Crippen molar-refractivity contribution in [3.8, 4) is 0 Å². The molecule has 0 saturated carbocycles. The van der Waals surface area contributed by atoms with E-state index in [9.17, 15) is 18.0 Å². The van der Waals surface area contributed by atoms with Crippen molar-refractivity contribution < 1.29 is 22.7 Å². The van der Waals surface area contributed by atoms with E-state index in [1.165, 1.54) is 13.2 Å². The van der Waals surface area contributed by atoms with Crippen LogP contribution in [0, 0.1) is 24.4 Å². The first kappa shape index (κ1) is 19.6. The number of pyridine rings is 1. The molecule has 1 aliphatic rings. The number of allylic oxidation sites excluding steroid dienone is 1. The summed E-state index contributed by atoms with van der Waals surface area (Å²) in [6.07, 6.45) is 0.861. The maximum atomic E-state index is 14.3. The van der Waals surface area contributed by atoms with Crippen LogP contribution in [-0.2, 0) is 15.1 Å². The number of aliphatic imine (C=N–C) groups is 1. The van der Waals surface area contributed by atoms with Crippen LogP contribution in [0.5, 0.6) is 0 Å². The molecule has 5 nitrogen and oxygen atoms in total. The monoisotopic (exact) mass is 389 g/mol. The SMILES string of the molecule is COC(=O)C1=C(C)NC(c2ncc(F)cc2F)=NC1(C)c1ccc(C)c(F)c1. The van der Waals surface area contributed by atoms with Crippen molar-refractivity contribution in [1.82, 2.24) is 10.3 Å². The van der Waals surface area contributed by atoms with Crippen molar-refractivity contribution in [2.75, 3.05) is 7.11 Å². The molecule has 0 fully saturated rings. The fourth-order valence-electron chi connectivity index (χ4n) is 3.17. The number of halogens is 3. The smallest absolute Gasteiger partial charge is 0.338 e. The predicted octanol–water partition coefficient (Wildman–Crippen LogP) is 3.52. The van der Waals surface area contributed by atoms with Gasteiger partial charge in [0.25, 0.3) is 0 Å². The Morgan fingerprint density at radius 1 is 1.14 bits per heavy atom. The van der Waals surface area contributed by atoms with E-state index in [1.807, 2.05) is 0 Å². The summed E-state index contributed by atoms with van der Waals surface area (Å²) in [5, 5.41) is 2.82. The topological polar surface area (TPSA) is 63.6 Å². The highest BCUT2D eigenvalue weighted by atomic mass is 19.1. The average Bonchev–Trinajstić information content (AvgIpc) is 2.63. The van der Waals surface area contributed by atoms with Crippen molar-refractivity contribution in [3.63, 3.8) is 0 Å². The zero-order valence-corrected chi connectivity index (χ0v) is 15.7. The number of amidine groups is 1. The van der Waals surface area contributed by atoms with Crippen LogP contribution in [-0.4, -0.2) is 23.9 Å². The van der Waals surface area contributed by atoms with Crippen LogP contribution >= 0.6 is 0 Å². The minimum atomic E-state index is -1.38. The molecule has 146 valence electrons. The molecule has 0 spiro atoms. The summed E-state index contributed by atoms with van der Waals surface area (Å²) in [5.41, 5.74) is -0.317. The molecule has 1 N–H and O–H groups in total. The second-order valence-corrected chi connectivity index (χ2v) is 6.60. The van der Waals surface area contributed by atoms with Gasteiger partial charge in [0.1, 0.15) is 22.9 Å².